The monoisotopic (exact) mass is 461 g/mol. The second-order valence-electron chi connectivity index (χ2n) is 9.84. The summed E-state index contributed by atoms with van der Waals surface area (Å²) in [7, 11) is -3.45. The number of ether oxygens (including phenoxy) is 1. The Morgan fingerprint density at radius 3 is 2.44 bits per heavy atom. The molecule has 1 N–H and O–H groups in total. The summed E-state index contributed by atoms with van der Waals surface area (Å²) >= 11 is 0. The van der Waals surface area contributed by atoms with Gasteiger partial charge in [-0.15, -0.1) is 0 Å². The van der Waals surface area contributed by atoms with Gasteiger partial charge in [-0.05, 0) is 83.4 Å². The van der Waals surface area contributed by atoms with Crippen LogP contribution in [0.5, 0.6) is 5.75 Å². The van der Waals surface area contributed by atoms with Gasteiger partial charge in [0, 0.05) is 12.1 Å². The maximum Gasteiger partial charge on any atom is 0.195 e. The third kappa shape index (κ3) is 6.13. The highest BCUT2D eigenvalue weighted by Crippen LogP contribution is 2.31. The molecule has 32 heavy (non-hydrogen) atoms. The van der Waals surface area contributed by atoms with Crippen LogP contribution in [0.3, 0.4) is 0 Å². The van der Waals surface area contributed by atoms with Crippen molar-refractivity contribution in [1.29, 1.82) is 0 Å². The molecule has 1 aliphatic rings. The number of benzene rings is 1. The number of hydrogen-bond acceptors (Lipinski definition) is 5. The molecule has 1 fully saturated rings. The molecule has 2 heterocycles. The molecule has 0 bridgehead atoms. The second-order valence-corrected chi connectivity index (χ2v) is 11.7. The summed E-state index contributed by atoms with van der Waals surface area (Å²) in [6.45, 7) is 12.2. The van der Waals surface area contributed by atoms with E-state index in [9.17, 15) is 8.42 Å². The fraction of sp³-hybridized carbons (Fsp3) is 0.640. The Morgan fingerprint density at radius 1 is 1.16 bits per heavy atom. The Balaban J connectivity index is 1.61. The van der Waals surface area contributed by atoms with Crippen LogP contribution in [0.2, 0.25) is 0 Å². The third-order valence-corrected chi connectivity index (χ3v) is 8.38. The lowest BCUT2D eigenvalue weighted by atomic mass is 10.0. The van der Waals surface area contributed by atoms with Crippen LogP contribution in [0, 0.1) is 19.8 Å². The highest BCUT2D eigenvalue weighted by molar-refractivity contribution is 7.91. The number of likely N-dealkylation sites (tertiary alicyclic amines) is 1. The molecule has 1 aromatic carbocycles. The number of nitrogens with one attached hydrogen (secondary N) is 1. The Morgan fingerprint density at radius 2 is 1.84 bits per heavy atom. The van der Waals surface area contributed by atoms with E-state index in [1.54, 1.807) is 13.8 Å². The first-order valence-corrected chi connectivity index (χ1v) is 13.5. The Kier molecular flexibility index (Phi) is 8.04. The lowest BCUT2D eigenvalue weighted by Gasteiger charge is -2.30. The van der Waals surface area contributed by atoms with Crippen LogP contribution >= 0.6 is 0 Å². The van der Waals surface area contributed by atoms with Crippen LogP contribution in [0.1, 0.15) is 70.3 Å². The number of nitrogens with zero attached hydrogens (tertiary/aromatic N) is 2. The van der Waals surface area contributed by atoms with Gasteiger partial charge >= 0.3 is 0 Å². The summed E-state index contributed by atoms with van der Waals surface area (Å²) in [6.07, 6.45) is 5.08. The van der Waals surface area contributed by atoms with Crippen LogP contribution in [-0.4, -0.2) is 47.6 Å². The van der Waals surface area contributed by atoms with Crippen LogP contribution < -0.4 is 4.74 Å². The topological polar surface area (TPSA) is 75.3 Å². The molecule has 3 atom stereocenters. The molecule has 0 aliphatic carbocycles. The molecule has 1 aliphatic heterocycles. The van der Waals surface area contributed by atoms with Crippen molar-refractivity contribution in [2.45, 2.75) is 96.7 Å². The van der Waals surface area contributed by atoms with E-state index < -0.39 is 9.84 Å². The Labute approximate surface area is 193 Å². The Bertz CT molecular complexity index is 963. The van der Waals surface area contributed by atoms with Crippen molar-refractivity contribution >= 4 is 9.84 Å². The average Bonchev–Trinajstić information content (AvgIpc) is 3.23. The highest BCUT2D eigenvalue weighted by atomic mass is 32.2. The van der Waals surface area contributed by atoms with Gasteiger partial charge in [-0.1, -0.05) is 26.0 Å². The molecule has 0 amide bonds. The normalized spacial score (nSPS) is 20.7. The zero-order valence-corrected chi connectivity index (χ0v) is 21.2. The summed E-state index contributed by atoms with van der Waals surface area (Å²) in [6, 6.07) is 8.82. The van der Waals surface area contributed by atoms with E-state index in [4.69, 9.17) is 4.74 Å². The molecule has 0 radical (unpaired) electrons. The molecule has 1 saturated heterocycles. The molecule has 7 heteroatoms. The molecule has 178 valence electrons. The fourth-order valence-corrected chi connectivity index (χ4v) is 6.72. The van der Waals surface area contributed by atoms with E-state index in [0.29, 0.717) is 22.2 Å². The van der Waals surface area contributed by atoms with Crippen molar-refractivity contribution in [1.82, 2.24) is 15.1 Å². The molecule has 0 unspecified atom stereocenters. The predicted octanol–water partition coefficient (Wildman–Crippen LogP) is 5.06. The highest BCUT2D eigenvalue weighted by Gasteiger charge is 2.36. The Hall–Kier alpha value is -1.86. The number of H-pyrrole nitrogens is 1. The number of sulfone groups is 1. The number of rotatable bonds is 10. The lowest BCUT2D eigenvalue weighted by molar-refractivity contribution is 0.147. The minimum Gasteiger partial charge on any atom is -0.491 e. The van der Waals surface area contributed by atoms with Gasteiger partial charge in [0.1, 0.15) is 16.5 Å². The first-order chi connectivity index (χ1) is 15.1. The van der Waals surface area contributed by atoms with Gasteiger partial charge in [0.05, 0.1) is 17.5 Å². The van der Waals surface area contributed by atoms with Gasteiger partial charge < -0.3 is 4.74 Å². The molecule has 0 saturated carbocycles. The summed E-state index contributed by atoms with van der Waals surface area (Å²) in [5, 5.41) is 6.87. The van der Waals surface area contributed by atoms with Crippen molar-refractivity contribution in [3.05, 3.63) is 41.2 Å². The van der Waals surface area contributed by atoms with Gasteiger partial charge in [-0.25, -0.2) is 8.42 Å². The number of aryl methyl sites for hydroxylation is 3. The van der Waals surface area contributed by atoms with Gasteiger partial charge in [0.15, 0.2) is 9.84 Å². The molecule has 0 spiro atoms. The van der Waals surface area contributed by atoms with Crippen LogP contribution in [0.4, 0.5) is 0 Å². The van der Waals surface area contributed by atoms with Gasteiger partial charge in [-0.3, -0.25) is 10.00 Å². The van der Waals surface area contributed by atoms with Crippen molar-refractivity contribution in [2.75, 3.05) is 5.88 Å². The fourth-order valence-electron chi connectivity index (χ4n) is 4.72. The van der Waals surface area contributed by atoms with Crippen LogP contribution in [0.15, 0.2) is 29.2 Å². The first-order valence-electron chi connectivity index (χ1n) is 11.8. The zero-order chi connectivity index (χ0) is 23.5. The largest absolute Gasteiger partial charge is 0.491 e. The van der Waals surface area contributed by atoms with E-state index in [2.05, 4.69) is 67.1 Å². The van der Waals surface area contributed by atoms with E-state index in [1.807, 2.05) is 0 Å². The summed E-state index contributed by atoms with van der Waals surface area (Å²) < 4.78 is 32.5. The number of aromatic nitrogens is 2. The maximum absolute atomic E-state index is 13.2. The van der Waals surface area contributed by atoms with Crippen molar-refractivity contribution < 1.29 is 13.2 Å². The minimum absolute atomic E-state index is 0.00872. The van der Waals surface area contributed by atoms with E-state index in [1.165, 1.54) is 12.0 Å². The predicted molar refractivity (Wildman–Crippen MR) is 129 cm³/mol. The molecule has 3 rings (SSSR count). The molecule has 2 aromatic rings. The molecular weight excluding hydrogens is 422 g/mol. The van der Waals surface area contributed by atoms with Crippen molar-refractivity contribution in [2.24, 2.45) is 5.92 Å². The standard InChI is InChI=1S/C25H39N3O3S/c1-17(2)7-9-22-10-13-24(14-11-22)31-19(4)15-23-12-8-18(3)28(23)16-32(29,30)25-20(5)26-27-21(25)6/h10-11,13-14,17-19,23H,7-9,12,15-16H2,1-6H3,(H,26,27)/t18-,19+,23-/m0/s1. The van der Waals surface area contributed by atoms with E-state index in [-0.39, 0.29) is 24.1 Å². The zero-order valence-electron chi connectivity index (χ0n) is 20.4. The van der Waals surface area contributed by atoms with E-state index in [0.717, 1.165) is 31.4 Å². The van der Waals surface area contributed by atoms with Gasteiger partial charge in [0.2, 0.25) is 0 Å². The van der Waals surface area contributed by atoms with Crippen LogP contribution in [-0.2, 0) is 16.3 Å². The average molecular weight is 462 g/mol. The van der Waals surface area contributed by atoms with Gasteiger partial charge in [0.25, 0.3) is 0 Å². The molecule has 1 aromatic heterocycles. The quantitative estimate of drug-likeness (QED) is 0.535. The summed E-state index contributed by atoms with van der Waals surface area (Å²) in [5.41, 5.74) is 2.49. The minimum atomic E-state index is -3.45. The summed E-state index contributed by atoms with van der Waals surface area (Å²) in [5.74, 6) is 1.60. The van der Waals surface area contributed by atoms with Crippen LogP contribution in [0.25, 0.3) is 0 Å². The van der Waals surface area contributed by atoms with E-state index >= 15 is 0 Å². The van der Waals surface area contributed by atoms with Crippen molar-refractivity contribution in [3.8, 4) is 5.75 Å². The summed E-state index contributed by atoms with van der Waals surface area (Å²) in [4.78, 5) is 2.48. The molecular formula is C25H39N3O3S. The second kappa shape index (κ2) is 10.4. The number of hydrogen-bond donors (Lipinski definition) is 1. The van der Waals surface area contributed by atoms with Crippen molar-refractivity contribution in [3.63, 3.8) is 0 Å². The first kappa shape index (κ1) is 24.8. The smallest absolute Gasteiger partial charge is 0.195 e. The lowest BCUT2D eigenvalue weighted by Crippen LogP contribution is -2.40. The number of aromatic amines is 1. The SMILES string of the molecule is Cc1n[nH]c(C)c1S(=O)(=O)CN1[C@H](C[C@@H](C)Oc2ccc(CCC(C)C)cc2)CC[C@@H]1C. The van der Waals surface area contributed by atoms with Gasteiger partial charge in [-0.2, -0.15) is 5.10 Å². The maximum atomic E-state index is 13.2. The third-order valence-electron chi connectivity index (χ3n) is 6.52. The molecule has 6 nitrogen and oxygen atoms in total.